The third kappa shape index (κ3) is 1.33. The molecular formula is C12H13N3S. The molecule has 4 heteroatoms. The number of fused-ring (bicyclic) bond motifs is 3. The summed E-state index contributed by atoms with van der Waals surface area (Å²) in [7, 11) is 0. The molecule has 16 heavy (non-hydrogen) atoms. The number of thiazole rings is 1. The van der Waals surface area contributed by atoms with Gasteiger partial charge in [0.05, 0.1) is 10.2 Å². The van der Waals surface area contributed by atoms with Crippen LogP contribution in [0.1, 0.15) is 25.2 Å². The average molecular weight is 231 g/mol. The molecule has 0 unspecified atom stereocenters. The van der Waals surface area contributed by atoms with Gasteiger partial charge in [0.25, 0.3) is 0 Å². The van der Waals surface area contributed by atoms with Crippen molar-refractivity contribution in [2.75, 3.05) is 0 Å². The molecule has 2 heterocycles. The topological polar surface area (TPSA) is 30.2 Å². The van der Waals surface area contributed by atoms with Gasteiger partial charge in [0, 0.05) is 6.42 Å². The van der Waals surface area contributed by atoms with Gasteiger partial charge >= 0.3 is 0 Å². The minimum atomic E-state index is 0.892. The van der Waals surface area contributed by atoms with Crippen LogP contribution in [-0.2, 0) is 12.8 Å². The Morgan fingerprint density at radius 2 is 2.12 bits per heavy atom. The van der Waals surface area contributed by atoms with Crippen LogP contribution in [0.5, 0.6) is 0 Å². The van der Waals surface area contributed by atoms with Gasteiger partial charge in [0.2, 0.25) is 4.96 Å². The molecule has 0 fully saturated rings. The van der Waals surface area contributed by atoms with E-state index in [9.17, 15) is 0 Å². The summed E-state index contributed by atoms with van der Waals surface area (Å²) >= 11 is 1.72. The fourth-order valence-corrected chi connectivity index (χ4v) is 2.89. The van der Waals surface area contributed by atoms with E-state index in [0.717, 1.165) is 23.6 Å². The predicted octanol–water partition coefficient (Wildman–Crippen LogP) is 3.07. The van der Waals surface area contributed by atoms with E-state index in [2.05, 4.69) is 42.1 Å². The van der Waals surface area contributed by atoms with Crippen molar-refractivity contribution < 1.29 is 0 Å². The van der Waals surface area contributed by atoms with Crippen molar-refractivity contribution in [2.45, 2.75) is 26.7 Å². The molecule has 82 valence electrons. The van der Waals surface area contributed by atoms with Crippen LogP contribution in [0.3, 0.4) is 0 Å². The highest BCUT2D eigenvalue weighted by atomic mass is 32.1. The van der Waals surface area contributed by atoms with Crippen molar-refractivity contribution in [3.8, 4) is 0 Å². The van der Waals surface area contributed by atoms with Crippen LogP contribution in [0, 0.1) is 0 Å². The number of rotatable bonds is 2. The van der Waals surface area contributed by atoms with Crippen molar-refractivity contribution in [3.63, 3.8) is 0 Å². The fourth-order valence-electron chi connectivity index (χ4n) is 1.84. The molecule has 0 spiro atoms. The minimum Gasteiger partial charge on any atom is -0.203 e. The molecule has 0 radical (unpaired) electrons. The molecule has 3 rings (SSSR count). The number of benzene rings is 1. The molecule has 0 aliphatic carbocycles. The second-order valence-corrected chi connectivity index (χ2v) is 4.84. The van der Waals surface area contributed by atoms with Crippen LogP contribution in [-0.4, -0.2) is 14.6 Å². The van der Waals surface area contributed by atoms with Crippen molar-refractivity contribution in [1.29, 1.82) is 0 Å². The van der Waals surface area contributed by atoms with Gasteiger partial charge in [-0.3, -0.25) is 0 Å². The Bertz CT molecular complexity index is 645. The van der Waals surface area contributed by atoms with E-state index >= 15 is 0 Å². The Morgan fingerprint density at radius 1 is 1.25 bits per heavy atom. The smallest absolute Gasteiger partial charge is 0.203 e. The highest BCUT2D eigenvalue weighted by Crippen LogP contribution is 2.26. The standard InChI is InChI=1S/C12H13N3S/c1-3-8-5-6-9-10(7-8)16-12-13-11(4-2)14-15(9)12/h5-7H,3-4H2,1-2H3. The molecule has 0 bridgehead atoms. The maximum Gasteiger partial charge on any atom is 0.213 e. The monoisotopic (exact) mass is 231 g/mol. The van der Waals surface area contributed by atoms with Crippen molar-refractivity contribution in [1.82, 2.24) is 14.6 Å². The van der Waals surface area contributed by atoms with Crippen LogP contribution < -0.4 is 0 Å². The lowest BCUT2D eigenvalue weighted by molar-refractivity contribution is 0.909. The summed E-state index contributed by atoms with van der Waals surface area (Å²) in [6.45, 7) is 4.25. The Kier molecular flexibility index (Phi) is 2.17. The van der Waals surface area contributed by atoms with Gasteiger partial charge in [-0.1, -0.05) is 31.3 Å². The van der Waals surface area contributed by atoms with Gasteiger partial charge < -0.3 is 0 Å². The van der Waals surface area contributed by atoms with Crippen molar-refractivity contribution >= 4 is 26.5 Å². The van der Waals surface area contributed by atoms with E-state index in [1.54, 1.807) is 11.3 Å². The Morgan fingerprint density at radius 3 is 2.88 bits per heavy atom. The van der Waals surface area contributed by atoms with E-state index in [1.165, 1.54) is 15.8 Å². The van der Waals surface area contributed by atoms with Gasteiger partial charge in [0.1, 0.15) is 0 Å². The van der Waals surface area contributed by atoms with E-state index < -0.39 is 0 Å². The quantitative estimate of drug-likeness (QED) is 0.678. The number of aryl methyl sites for hydroxylation is 2. The van der Waals surface area contributed by atoms with Gasteiger partial charge in [-0.05, 0) is 24.1 Å². The van der Waals surface area contributed by atoms with Crippen LogP contribution in [0.15, 0.2) is 18.2 Å². The third-order valence-corrected chi connectivity index (χ3v) is 3.79. The Labute approximate surface area is 97.7 Å². The van der Waals surface area contributed by atoms with E-state index in [-0.39, 0.29) is 0 Å². The van der Waals surface area contributed by atoms with Crippen molar-refractivity contribution in [2.24, 2.45) is 0 Å². The first kappa shape index (κ1) is 9.78. The number of aromatic nitrogens is 3. The molecule has 0 aliphatic rings. The molecule has 0 N–H and O–H groups in total. The molecule has 0 aliphatic heterocycles. The molecule has 1 aromatic carbocycles. The van der Waals surface area contributed by atoms with Gasteiger partial charge in [-0.15, -0.1) is 0 Å². The SMILES string of the molecule is CCc1ccc2c(c1)sc1nc(CC)nn12. The predicted molar refractivity (Wildman–Crippen MR) is 67.1 cm³/mol. The number of hydrogen-bond acceptors (Lipinski definition) is 3. The summed E-state index contributed by atoms with van der Waals surface area (Å²) in [6, 6.07) is 6.55. The average Bonchev–Trinajstić information content (AvgIpc) is 2.84. The van der Waals surface area contributed by atoms with E-state index in [4.69, 9.17) is 0 Å². The molecule has 0 amide bonds. The van der Waals surface area contributed by atoms with Crippen molar-refractivity contribution in [3.05, 3.63) is 29.6 Å². The summed E-state index contributed by atoms with van der Waals surface area (Å²) in [5.74, 6) is 0.924. The first-order chi connectivity index (χ1) is 7.81. The Hall–Kier alpha value is -1.42. The molecule has 0 saturated heterocycles. The minimum absolute atomic E-state index is 0.892. The molecular weight excluding hydrogens is 218 g/mol. The van der Waals surface area contributed by atoms with Crippen LogP contribution in [0.2, 0.25) is 0 Å². The second-order valence-electron chi connectivity index (χ2n) is 3.83. The molecule has 0 saturated carbocycles. The van der Waals surface area contributed by atoms with Crippen LogP contribution in [0.25, 0.3) is 15.2 Å². The molecule has 3 nitrogen and oxygen atoms in total. The zero-order valence-electron chi connectivity index (χ0n) is 9.40. The second kappa shape index (κ2) is 3.56. The maximum atomic E-state index is 4.49. The summed E-state index contributed by atoms with van der Waals surface area (Å²) in [6.07, 6.45) is 1.97. The lowest BCUT2D eigenvalue weighted by atomic mass is 10.2. The van der Waals surface area contributed by atoms with Crippen LogP contribution in [0.4, 0.5) is 0 Å². The highest BCUT2D eigenvalue weighted by molar-refractivity contribution is 7.23. The number of nitrogens with zero attached hydrogens (tertiary/aromatic N) is 3. The lowest BCUT2D eigenvalue weighted by Crippen LogP contribution is -1.87. The first-order valence-corrected chi connectivity index (χ1v) is 6.40. The first-order valence-electron chi connectivity index (χ1n) is 5.59. The van der Waals surface area contributed by atoms with E-state index in [1.807, 2.05) is 4.52 Å². The molecule has 0 atom stereocenters. The van der Waals surface area contributed by atoms with Crippen LogP contribution >= 0.6 is 11.3 Å². The summed E-state index contributed by atoms with van der Waals surface area (Å²) in [5, 5.41) is 4.49. The zero-order valence-corrected chi connectivity index (χ0v) is 10.2. The lowest BCUT2D eigenvalue weighted by Gasteiger charge is -1.95. The summed E-state index contributed by atoms with van der Waals surface area (Å²) < 4.78 is 3.23. The maximum absolute atomic E-state index is 4.49. The number of hydrogen-bond donors (Lipinski definition) is 0. The molecule has 2 aromatic heterocycles. The molecule has 3 aromatic rings. The van der Waals surface area contributed by atoms with Gasteiger partial charge in [-0.2, -0.15) is 5.10 Å². The fraction of sp³-hybridized carbons (Fsp3) is 0.333. The largest absolute Gasteiger partial charge is 0.213 e. The summed E-state index contributed by atoms with van der Waals surface area (Å²) in [5.41, 5.74) is 2.54. The third-order valence-electron chi connectivity index (χ3n) is 2.80. The van der Waals surface area contributed by atoms with Gasteiger partial charge in [-0.25, -0.2) is 9.50 Å². The highest BCUT2D eigenvalue weighted by Gasteiger charge is 2.09. The van der Waals surface area contributed by atoms with E-state index in [0.29, 0.717) is 0 Å². The zero-order chi connectivity index (χ0) is 11.1. The van der Waals surface area contributed by atoms with Gasteiger partial charge in [0.15, 0.2) is 5.82 Å². The normalized spacial score (nSPS) is 11.6. The summed E-state index contributed by atoms with van der Waals surface area (Å²) in [4.78, 5) is 5.49. The Balaban J connectivity index is 2.31.